The first kappa shape index (κ1) is 13.6. The number of aliphatic hydroxyl groups excluding tert-OH is 1. The van der Waals surface area contributed by atoms with Gasteiger partial charge in [-0.15, -0.1) is 0 Å². The van der Waals surface area contributed by atoms with Crippen molar-refractivity contribution in [2.24, 2.45) is 5.41 Å². The standard InChI is InChI=1S/C16H19NO2/c1-16(8-4-9-16)12-17-15(19)14-7-2-5-13(11-14)6-3-10-18/h2,5,7,11,18H,4,8-10,12H2,1H3,(H,17,19). The molecule has 1 aliphatic rings. The van der Waals surface area contributed by atoms with Crippen LogP contribution in [0.5, 0.6) is 0 Å². The third-order valence-electron chi connectivity index (χ3n) is 3.67. The van der Waals surface area contributed by atoms with Crippen molar-refractivity contribution in [2.75, 3.05) is 13.2 Å². The van der Waals surface area contributed by atoms with Gasteiger partial charge in [-0.1, -0.05) is 31.3 Å². The van der Waals surface area contributed by atoms with Gasteiger partial charge in [0.2, 0.25) is 0 Å². The molecule has 2 rings (SSSR count). The third kappa shape index (κ3) is 3.59. The molecule has 0 unspecified atom stereocenters. The zero-order chi connectivity index (χ0) is 13.7. The molecule has 2 N–H and O–H groups in total. The van der Waals surface area contributed by atoms with Crippen LogP contribution in [0.1, 0.15) is 42.1 Å². The maximum Gasteiger partial charge on any atom is 0.251 e. The topological polar surface area (TPSA) is 49.3 Å². The van der Waals surface area contributed by atoms with E-state index in [9.17, 15) is 4.79 Å². The molecule has 1 saturated carbocycles. The predicted molar refractivity (Wildman–Crippen MR) is 74.7 cm³/mol. The van der Waals surface area contributed by atoms with Gasteiger partial charge in [0.1, 0.15) is 6.61 Å². The summed E-state index contributed by atoms with van der Waals surface area (Å²) in [7, 11) is 0. The molecule has 1 amide bonds. The van der Waals surface area contributed by atoms with Crippen molar-refractivity contribution in [3.8, 4) is 11.8 Å². The molecule has 0 aliphatic heterocycles. The zero-order valence-corrected chi connectivity index (χ0v) is 11.2. The highest BCUT2D eigenvalue weighted by atomic mass is 16.2. The summed E-state index contributed by atoms with van der Waals surface area (Å²) < 4.78 is 0. The van der Waals surface area contributed by atoms with Gasteiger partial charge >= 0.3 is 0 Å². The minimum atomic E-state index is -0.172. The normalized spacial score (nSPS) is 15.9. The lowest BCUT2D eigenvalue weighted by Crippen LogP contribution is -2.39. The Morgan fingerprint density at radius 2 is 2.26 bits per heavy atom. The predicted octanol–water partition coefficient (Wildman–Crippen LogP) is 1.95. The second-order valence-corrected chi connectivity index (χ2v) is 5.39. The third-order valence-corrected chi connectivity index (χ3v) is 3.67. The van der Waals surface area contributed by atoms with Crippen molar-refractivity contribution in [3.05, 3.63) is 35.4 Å². The van der Waals surface area contributed by atoms with E-state index in [1.165, 1.54) is 19.3 Å². The monoisotopic (exact) mass is 257 g/mol. The Hall–Kier alpha value is -1.79. The lowest BCUT2D eigenvalue weighted by atomic mass is 9.70. The van der Waals surface area contributed by atoms with Crippen molar-refractivity contribution in [1.82, 2.24) is 5.32 Å². The van der Waals surface area contributed by atoms with Gasteiger partial charge < -0.3 is 10.4 Å². The van der Waals surface area contributed by atoms with Crippen molar-refractivity contribution in [2.45, 2.75) is 26.2 Å². The smallest absolute Gasteiger partial charge is 0.251 e. The van der Waals surface area contributed by atoms with Crippen LogP contribution in [0.2, 0.25) is 0 Å². The first-order valence-electron chi connectivity index (χ1n) is 6.61. The van der Waals surface area contributed by atoms with Gasteiger partial charge in [-0.2, -0.15) is 0 Å². The average Bonchev–Trinajstić information content (AvgIpc) is 2.40. The van der Waals surface area contributed by atoms with Crippen molar-refractivity contribution in [1.29, 1.82) is 0 Å². The molecular weight excluding hydrogens is 238 g/mol. The summed E-state index contributed by atoms with van der Waals surface area (Å²) in [6.07, 6.45) is 3.64. The van der Waals surface area contributed by atoms with E-state index in [1.807, 2.05) is 6.07 Å². The van der Waals surface area contributed by atoms with Crippen LogP contribution in [0.4, 0.5) is 0 Å². The SMILES string of the molecule is CC1(CNC(=O)c2cccc(C#CCO)c2)CCC1. The van der Waals surface area contributed by atoms with Crippen LogP contribution < -0.4 is 5.32 Å². The quantitative estimate of drug-likeness (QED) is 0.813. The number of aliphatic hydroxyl groups is 1. The highest BCUT2D eigenvalue weighted by Gasteiger charge is 2.31. The first-order chi connectivity index (χ1) is 9.13. The van der Waals surface area contributed by atoms with Gasteiger partial charge in [0.15, 0.2) is 0 Å². The van der Waals surface area contributed by atoms with Gasteiger partial charge in [0.25, 0.3) is 5.91 Å². The fourth-order valence-corrected chi connectivity index (χ4v) is 2.23. The number of amides is 1. The summed E-state index contributed by atoms with van der Waals surface area (Å²) >= 11 is 0. The highest BCUT2D eigenvalue weighted by Crippen LogP contribution is 2.39. The Morgan fingerprint density at radius 1 is 1.47 bits per heavy atom. The van der Waals surface area contributed by atoms with E-state index in [0.717, 1.165) is 12.1 Å². The van der Waals surface area contributed by atoms with Crippen LogP contribution >= 0.6 is 0 Å². The number of carbonyl (C=O) groups excluding carboxylic acids is 1. The fourth-order valence-electron chi connectivity index (χ4n) is 2.23. The van der Waals surface area contributed by atoms with E-state index >= 15 is 0 Å². The average molecular weight is 257 g/mol. The Labute approximate surface area is 114 Å². The van der Waals surface area contributed by atoms with Crippen LogP contribution in [0.25, 0.3) is 0 Å². The van der Waals surface area contributed by atoms with E-state index in [0.29, 0.717) is 5.56 Å². The summed E-state index contributed by atoms with van der Waals surface area (Å²) in [6.45, 7) is 2.77. The van der Waals surface area contributed by atoms with Gasteiger partial charge in [-0.3, -0.25) is 4.79 Å². The van der Waals surface area contributed by atoms with E-state index in [-0.39, 0.29) is 17.9 Å². The molecule has 1 aromatic rings. The molecule has 1 aromatic carbocycles. The second-order valence-electron chi connectivity index (χ2n) is 5.39. The number of carbonyl (C=O) groups is 1. The fraction of sp³-hybridized carbons (Fsp3) is 0.438. The molecule has 3 heteroatoms. The zero-order valence-electron chi connectivity index (χ0n) is 11.2. The molecule has 0 bridgehead atoms. The molecule has 1 fully saturated rings. The van der Waals surface area contributed by atoms with E-state index in [2.05, 4.69) is 24.1 Å². The molecule has 0 heterocycles. The lowest BCUT2D eigenvalue weighted by molar-refractivity contribution is 0.0891. The maximum absolute atomic E-state index is 12.0. The Balaban J connectivity index is 1.98. The van der Waals surface area contributed by atoms with Crippen LogP contribution in [0.3, 0.4) is 0 Å². The number of rotatable bonds is 3. The molecule has 0 aromatic heterocycles. The molecule has 0 atom stereocenters. The maximum atomic E-state index is 12.0. The number of nitrogens with one attached hydrogen (secondary N) is 1. The van der Waals surface area contributed by atoms with Crippen LogP contribution in [0.15, 0.2) is 24.3 Å². The Kier molecular flexibility index (Phi) is 4.24. The van der Waals surface area contributed by atoms with Gasteiger partial charge in [0, 0.05) is 17.7 Å². The minimum absolute atomic E-state index is 0.0548. The number of hydrogen-bond donors (Lipinski definition) is 2. The molecule has 0 saturated heterocycles. The molecular formula is C16H19NO2. The summed E-state index contributed by atoms with van der Waals surface area (Å²) in [5, 5.41) is 11.6. The summed E-state index contributed by atoms with van der Waals surface area (Å²) in [5.74, 6) is 5.33. The minimum Gasteiger partial charge on any atom is -0.384 e. The summed E-state index contributed by atoms with van der Waals surface area (Å²) in [4.78, 5) is 12.0. The van der Waals surface area contributed by atoms with Crippen LogP contribution in [-0.4, -0.2) is 24.2 Å². The molecule has 100 valence electrons. The Morgan fingerprint density at radius 3 is 2.89 bits per heavy atom. The van der Waals surface area contributed by atoms with Crippen molar-refractivity contribution >= 4 is 5.91 Å². The lowest BCUT2D eigenvalue weighted by Gasteiger charge is -2.38. The second kappa shape index (κ2) is 5.90. The molecule has 19 heavy (non-hydrogen) atoms. The van der Waals surface area contributed by atoms with Crippen molar-refractivity contribution in [3.63, 3.8) is 0 Å². The van der Waals surface area contributed by atoms with Crippen LogP contribution in [-0.2, 0) is 0 Å². The van der Waals surface area contributed by atoms with Gasteiger partial charge in [-0.05, 0) is 36.5 Å². The largest absolute Gasteiger partial charge is 0.384 e. The molecule has 0 radical (unpaired) electrons. The van der Waals surface area contributed by atoms with Crippen LogP contribution in [0, 0.1) is 17.3 Å². The summed E-state index contributed by atoms with van der Waals surface area (Å²) in [5.41, 5.74) is 1.65. The van der Waals surface area contributed by atoms with Crippen molar-refractivity contribution < 1.29 is 9.90 Å². The molecule has 3 nitrogen and oxygen atoms in total. The van der Waals surface area contributed by atoms with Gasteiger partial charge in [0.05, 0.1) is 0 Å². The molecule has 1 aliphatic carbocycles. The first-order valence-corrected chi connectivity index (χ1v) is 6.61. The number of benzene rings is 1. The van der Waals surface area contributed by atoms with E-state index in [1.54, 1.807) is 18.2 Å². The van der Waals surface area contributed by atoms with Gasteiger partial charge in [-0.25, -0.2) is 0 Å². The molecule has 0 spiro atoms. The highest BCUT2D eigenvalue weighted by molar-refractivity contribution is 5.94. The Bertz CT molecular complexity index is 521. The summed E-state index contributed by atoms with van der Waals surface area (Å²) in [6, 6.07) is 7.16. The number of hydrogen-bond acceptors (Lipinski definition) is 2. The van der Waals surface area contributed by atoms with E-state index in [4.69, 9.17) is 5.11 Å². The van der Waals surface area contributed by atoms with E-state index < -0.39 is 0 Å².